The zero-order valence-corrected chi connectivity index (χ0v) is 13.2. The predicted octanol–water partition coefficient (Wildman–Crippen LogP) is 1.30. The van der Waals surface area contributed by atoms with Crippen molar-refractivity contribution >= 4 is 27.5 Å². The molecule has 0 saturated heterocycles. The Balaban J connectivity index is 2.71. The zero-order chi connectivity index (χ0) is 15.9. The van der Waals surface area contributed by atoms with Gasteiger partial charge in [-0.05, 0) is 25.2 Å². The number of sulfonamides is 1. The molecule has 0 amide bonds. The summed E-state index contributed by atoms with van der Waals surface area (Å²) in [6.07, 6.45) is 0.668. The molecule has 0 aliphatic heterocycles. The fourth-order valence-electron chi connectivity index (χ4n) is 1.69. The minimum absolute atomic E-state index is 0.0722. The standard InChI is InChI=1S/C12H18N2O5S2/c1-10-11(14(16)17)4-2-5-12(10)21(18,19)13-6-9-20-8-3-7-15/h2,4-5,13,15H,3,6-9H2,1H3. The van der Waals surface area contributed by atoms with Gasteiger partial charge in [0.25, 0.3) is 5.69 Å². The van der Waals surface area contributed by atoms with Crippen molar-refractivity contribution in [3.05, 3.63) is 33.9 Å². The van der Waals surface area contributed by atoms with Gasteiger partial charge < -0.3 is 5.11 Å². The maximum Gasteiger partial charge on any atom is 0.273 e. The van der Waals surface area contributed by atoms with Gasteiger partial charge in [-0.15, -0.1) is 0 Å². The molecule has 9 heteroatoms. The summed E-state index contributed by atoms with van der Waals surface area (Å²) in [5.74, 6) is 1.33. The fraction of sp³-hybridized carbons (Fsp3) is 0.500. The number of nitrogens with zero attached hydrogens (tertiary/aromatic N) is 1. The summed E-state index contributed by atoms with van der Waals surface area (Å²) < 4.78 is 26.7. The number of hydrogen-bond donors (Lipinski definition) is 2. The third-order valence-electron chi connectivity index (χ3n) is 2.73. The van der Waals surface area contributed by atoms with Gasteiger partial charge in [-0.1, -0.05) is 6.07 Å². The predicted molar refractivity (Wildman–Crippen MR) is 82.0 cm³/mol. The number of nitrogens with one attached hydrogen (secondary N) is 1. The van der Waals surface area contributed by atoms with Crippen LogP contribution in [0.1, 0.15) is 12.0 Å². The molecule has 0 bridgehead atoms. The molecule has 0 saturated carbocycles. The van der Waals surface area contributed by atoms with E-state index in [-0.39, 0.29) is 29.3 Å². The van der Waals surface area contributed by atoms with Crippen LogP contribution in [0.25, 0.3) is 0 Å². The Kier molecular flexibility index (Phi) is 7.09. The summed E-state index contributed by atoms with van der Waals surface area (Å²) in [5, 5.41) is 19.5. The van der Waals surface area contributed by atoms with Gasteiger partial charge in [0.1, 0.15) is 0 Å². The SMILES string of the molecule is Cc1c([N+](=O)[O-])cccc1S(=O)(=O)NCCSCCCO. The van der Waals surface area contributed by atoms with Crippen LogP contribution in [0.15, 0.2) is 23.1 Å². The highest BCUT2D eigenvalue weighted by atomic mass is 32.2. The van der Waals surface area contributed by atoms with Crippen LogP contribution in [-0.4, -0.2) is 43.1 Å². The van der Waals surface area contributed by atoms with Gasteiger partial charge in [0, 0.05) is 30.5 Å². The summed E-state index contributed by atoms with van der Waals surface area (Å²) >= 11 is 1.53. The van der Waals surface area contributed by atoms with Crippen LogP contribution in [-0.2, 0) is 10.0 Å². The molecule has 2 N–H and O–H groups in total. The maximum absolute atomic E-state index is 12.1. The Hall–Kier alpha value is -1.16. The molecule has 0 unspecified atom stereocenters. The van der Waals surface area contributed by atoms with Crippen LogP contribution >= 0.6 is 11.8 Å². The van der Waals surface area contributed by atoms with Gasteiger partial charge in [0.15, 0.2) is 0 Å². The van der Waals surface area contributed by atoms with E-state index >= 15 is 0 Å². The zero-order valence-electron chi connectivity index (χ0n) is 11.6. The van der Waals surface area contributed by atoms with Gasteiger partial charge in [-0.25, -0.2) is 13.1 Å². The van der Waals surface area contributed by atoms with Gasteiger partial charge in [-0.2, -0.15) is 11.8 Å². The second-order valence-electron chi connectivity index (χ2n) is 4.24. The molecule has 21 heavy (non-hydrogen) atoms. The van der Waals surface area contributed by atoms with Crippen molar-refractivity contribution in [3.8, 4) is 0 Å². The minimum atomic E-state index is -3.76. The number of hydrogen-bond acceptors (Lipinski definition) is 6. The highest BCUT2D eigenvalue weighted by molar-refractivity contribution is 7.99. The summed E-state index contributed by atoms with van der Waals surface area (Å²) in [6, 6.07) is 3.98. The Morgan fingerprint density at radius 3 is 2.71 bits per heavy atom. The van der Waals surface area contributed by atoms with E-state index in [4.69, 9.17) is 5.11 Å². The van der Waals surface area contributed by atoms with Crippen LogP contribution in [0.2, 0.25) is 0 Å². The molecule has 0 fully saturated rings. The molecule has 1 aromatic rings. The number of benzene rings is 1. The average Bonchev–Trinajstić information content (AvgIpc) is 2.42. The van der Waals surface area contributed by atoms with E-state index < -0.39 is 14.9 Å². The molecule has 0 aliphatic carbocycles. The van der Waals surface area contributed by atoms with Gasteiger partial charge in [0.2, 0.25) is 10.0 Å². The molecule has 0 radical (unpaired) electrons. The lowest BCUT2D eigenvalue weighted by Gasteiger charge is -2.09. The van der Waals surface area contributed by atoms with Crippen LogP contribution in [0.5, 0.6) is 0 Å². The molecule has 1 rings (SSSR count). The number of nitro benzene ring substituents is 1. The molecule has 0 aliphatic rings. The largest absolute Gasteiger partial charge is 0.396 e. The van der Waals surface area contributed by atoms with E-state index in [0.29, 0.717) is 12.2 Å². The van der Waals surface area contributed by atoms with E-state index in [1.807, 2.05) is 0 Å². The van der Waals surface area contributed by atoms with Crippen LogP contribution in [0.3, 0.4) is 0 Å². The molecule has 0 heterocycles. The lowest BCUT2D eigenvalue weighted by atomic mass is 10.2. The number of aliphatic hydroxyl groups excluding tert-OH is 1. The first-order valence-electron chi connectivity index (χ1n) is 6.32. The first kappa shape index (κ1) is 17.9. The van der Waals surface area contributed by atoms with E-state index in [1.54, 1.807) is 0 Å². The summed E-state index contributed by atoms with van der Waals surface area (Å²) in [6.45, 7) is 1.77. The normalized spacial score (nSPS) is 11.5. The number of aliphatic hydroxyl groups is 1. The quantitative estimate of drug-likeness (QED) is 0.400. The summed E-state index contributed by atoms with van der Waals surface area (Å²) in [5.41, 5.74) is -0.0851. The average molecular weight is 334 g/mol. The number of thioether (sulfide) groups is 1. The third kappa shape index (κ3) is 5.27. The number of rotatable bonds is 9. The molecule has 7 nitrogen and oxygen atoms in total. The van der Waals surface area contributed by atoms with Crippen molar-refractivity contribution in [2.24, 2.45) is 0 Å². The molecule has 0 spiro atoms. The van der Waals surface area contributed by atoms with Crippen molar-refractivity contribution in [2.75, 3.05) is 24.7 Å². The minimum Gasteiger partial charge on any atom is -0.396 e. The van der Waals surface area contributed by atoms with Crippen molar-refractivity contribution in [1.82, 2.24) is 4.72 Å². The Labute approximate surface area is 128 Å². The Morgan fingerprint density at radius 2 is 2.10 bits per heavy atom. The van der Waals surface area contributed by atoms with E-state index in [2.05, 4.69) is 4.72 Å². The van der Waals surface area contributed by atoms with Crippen molar-refractivity contribution in [3.63, 3.8) is 0 Å². The molecular formula is C12H18N2O5S2. The highest BCUT2D eigenvalue weighted by Crippen LogP contribution is 2.24. The molecular weight excluding hydrogens is 316 g/mol. The first-order chi connectivity index (χ1) is 9.90. The molecule has 0 aromatic heterocycles. The fourth-order valence-corrected chi connectivity index (χ4v) is 3.89. The van der Waals surface area contributed by atoms with Crippen molar-refractivity contribution < 1.29 is 18.4 Å². The molecule has 1 aromatic carbocycles. The lowest BCUT2D eigenvalue weighted by molar-refractivity contribution is -0.385. The molecule has 0 atom stereocenters. The van der Waals surface area contributed by atoms with Gasteiger partial charge in [0.05, 0.1) is 9.82 Å². The lowest BCUT2D eigenvalue weighted by Crippen LogP contribution is -2.27. The van der Waals surface area contributed by atoms with Crippen molar-refractivity contribution in [1.29, 1.82) is 0 Å². The van der Waals surface area contributed by atoms with Gasteiger partial charge in [-0.3, -0.25) is 10.1 Å². The molecule has 118 valence electrons. The van der Waals surface area contributed by atoms with Crippen LogP contribution in [0, 0.1) is 17.0 Å². The van der Waals surface area contributed by atoms with Crippen LogP contribution in [0.4, 0.5) is 5.69 Å². The maximum atomic E-state index is 12.1. The van der Waals surface area contributed by atoms with E-state index in [0.717, 1.165) is 5.75 Å². The topological polar surface area (TPSA) is 110 Å². The highest BCUT2D eigenvalue weighted by Gasteiger charge is 2.22. The summed E-state index contributed by atoms with van der Waals surface area (Å²) in [7, 11) is -3.76. The smallest absolute Gasteiger partial charge is 0.273 e. The van der Waals surface area contributed by atoms with Gasteiger partial charge >= 0.3 is 0 Å². The number of nitro groups is 1. The Morgan fingerprint density at radius 1 is 1.38 bits per heavy atom. The van der Waals surface area contributed by atoms with Crippen LogP contribution < -0.4 is 4.72 Å². The second-order valence-corrected chi connectivity index (χ2v) is 7.20. The Bertz CT molecular complexity index is 589. The van der Waals surface area contributed by atoms with E-state index in [9.17, 15) is 18.5 Å². The van der Waals surface area contributed by atoms with E-state index in [1.165, 1.54) is 36.9 Å². The summed E-state index contributed by atoms with van der Waals surface area (Å²) in [4.78, 5) is 10.2. The second kappa shape index (κ2) is 8.32. The monoisotopic (exact) mass is 334 g/mol. The first-order valence-corrected chi connectivity index (χ1v) is 8.96. The third-order valence-corrected chi connectivity index (χ3v) is 5.40. The van der Waals surface area contributed by atoms with Crippen molar-refractivity contribution in [2.45, 2.75) is 18.2 Å².